The van der Waals surface area contributed by atoms with Crippen molar-refractivity contribution in [2.45, 2.75) is 6.42 Å². The molecule has 1 atom stereocenters. The van der Waals surface area contributed by atoms with Crippen LogP contribution in [0.4, 0.5) is 5.82 Å². The first-order valence-electron chi connectivity index (χ1n) is 4.74. The number of hydrogen-bond acceptors (Lipinski definition) is 4. The van der Waals surface area contributed by atoms with Gasteiger partial charge in [-0.15, -0.1) is 0 Å². The predicted octanol–water partition coefficient (Wildman–Crippen LogP) is 1.60. The highest BCUT2D eigenvalue weighted by molar-refractivity contribution is 6.33. The lowest BCUT2D eigenvalue weighted by Gasteiger charge is -2.18. The minimum atomic E-state index is 0.196. The quantitative estimate of drug-likeness (QED) is 0.807. The van der Waals surface area contributed by atoms with Crippen molar-refractivity contribution in [2.75, 3.05) is 24.6 Å². The summed E-state index contributed by atoms with van der Waals surface area (Å²) in [7, 11) is 0. The summed E-state index contributed by atoms with van der Waals surface area (Å²) in [6.07, 6.45) is 2.45. The topological polar surface area (TPSA) is 49.2 Å². The molecule has 0 amide bonds. The Bertz CT molecular complexity index is 361. The average molecular weight is 248 g/mol. The summed E-state index contributed by atoms with van der Waals surface area (Å²) in [6.45, 7) is 1.81. The van der Waals surface area contributed by atoms with Gasteiger partial charge < -0.3 is 10.0 Å². The summed E-state index contributed by atoms with van der Waals surface area (Å²) in [5, 5.41) is 9.73. The van der Waals surface area contributed by atoms with E-state index >= 15 is 0 Å². The molecular formula is C9H11Cl2N3O. The van der Waals surface area contributed by atoms with Crippen LogP contribution in [-0.2, 0) is 0 Å². The molecule has 1 aromatic rings. The van der Waals surface area contributed by atoms with E-state index in [-0.39, 0.29) is 11.9 Å². The first-order valence-corrected chi connectivity index (χ1v) is 5.50. The van der Waals surface area contributed by atoms with Crippen LogP contribution in [0.3, 0.4) is 0 Å². The Hall–Kier alpha value is -0.580. The standard InChI is InChI=1S/C9H11Cl2N3O/c10-7-3-12-9(11)13-8(7)14-2-1-6(4-14)5-15/h3,6,15H,1-2,4-5H2. The first kappa shape index (κ1) is 10.9. The Morgan fingerprint density at radius 3 is 3.00 bits per heavy atom. The van der Waals surface area contributed by atoms with E-state index < -0.39 is 0 Å². The lowest BCUT2D eigenvalue weighted by atomic mass is 10.1. The summed E-state index contributed by atoms with van der Waals surface area (Å²) in [4.78, 5) is 9.91. The third kappa shape index (κ3) is 2.33. The summed E-state index contributed by atoms with van der Waals surface area (Å²) >= 11 is 11.7. The van der Waals surface area contributed by atoms with Crippen molar-refractivity contribution in [3.05, 3.63) is 16.5 Å². The SMILES string of the molecule is OCC1CCN(c2nc(Cl)ncc2Cl)C1. The minimum absolute atomic E-state index is 0.196. The van der Waals surface area contributed by atoms with Crippen molar-refractivity contribution in [1.29, 1.82) is 0 Å². The Morgan fingerprint density at radius 2 is 2.33 bits per heavy atom. The molecule has 0 spiro atoms. The Balaban J connectivity index is 2.19. The highest BCUT2D eigenvalue weighted by atomic mass is 35.5. The van der Waals surface area contributed by atoms with Crippen molar-refractivity contribution < 1.29 is 5.11 Å². The maximum absolute atomic E-state index is 9.04. The molecule has 1 saturated heterocycles. The molecule has 1 unspecified atom stereocenters. The van der Waals surface area contributed by atoms with Crippen molar-refractivity contribution >= 4 is 29.0 Å². The molecule has 0 aromatic carbocycles. The van der Waals surface area contributed by atoms with E-state index in [1.54, 1.807) is 0 Å². The molecule has 0 radical (unpaired) electrons. The van der Waals surface area contributed by atoms with Crippen LogP contribution in [0.5, 0.6) is 0 Å². The number of hydrogen-bond donors (Lipinski definition) is 1. The fourth-order valence-electron chi connectivity index (χ4n) is 1.73. The molecule has 2 heterocycles. The van der Waals surface area contributed by atoms with E-state index in [0.717, 1.165) is 19.5 Å². The number of aliphatic hydroxyl groups excluding tert-OH is 1. The fraction of sp³-hybridized carbons (Fsp3) is 0.556. The molecule has 0 bridgehead atoms. The van der Waals surface area contributed by atoms with Gasteiger partial charge in [0, 0.05) is 25.6 Å². The van der Waals surface area contributed by atoms with Gasteiger partial charge in [0.2, 0.25) is 5.28 Å². The van der Waals surface area contributed by atoms with Crippen molar-refractivity contribution in [2.24, 2.45) is 5.92 Å². The van der Waals surface area contributed by atoms with Crippen LogP contribution in [0, 0.1) is 5.92 Å². The molecule has 82 valence electrons. The smallest absolute Gasteiger partial charge is 0.224 e. The van der Waals surface area contributed by atoms with Gasteiger partial charge in [-0.1, -0.05) is 11.6 Å². The number of aromatic nitrogens is 2. The normalized spacial score (nSPS) is 21.0. The third-order valence-corrected chi connectivity index (χ3v) is 2.99. The minimum Gasteiger partial charge on any atom is -0.396 e. The maximum Gasteiger partial charge on any atom is 0.224 e. The van der Waals surface area contributed by atoms with Crippen LogP contribution >= 0.6 is 23.2 Å². The molecule has 1 aromatic heterocycles. The van der Waals surface area contributed by atoms with Crippen LogP contribution < -0.4 is 4.90 Å². The van der Waals surface area contributed by atoms with Crippen LogP contribution in [0.25, 0.3) is 0 Å². The van der Waals surface area contributed by atoms with Gasteiger partial charge in [0.05, 0.1) is 6.20 Å². The average Bonchev–Trinajstić information content (AvgIpc) is 2.70. The van der Waals surface area contributed by atoms with E-state index in [4.69, 9.17) is 28.3 Å². The molecule has 1 fully saturated rings. The predicted molar refractivity (Wildman–Crippen MR) is 59.5 cm³/mol. The summed E-state index contributed by atoms with van der Waals surface area (Å²) in [6, 6.07) is 0. The van der Waals surface area contributed by atoms with E-state index in [0.29, 0.717) is 16.8 Å². The summed E-state index contributed by atoms with van der Waals surface area (Å²) in [5.74, 6) is 0.961. The Labute approximate surface area is 97.9 Å². The maximum atomic E-state index is 9.04. The number of nitrogens with zero attached hydrogens (tertiary/aromatic N) is 3. The third-order valence-electron chi connectivity index (χ3n) is 2.54. The highest BCUT2D eigenvalue weighted by Crippen LogP contribution is 2.28. The molecule has 1 N–H and O–H groups in total. The van der Waals surface area contributed by atoms with Gasteiger partial charge >= 0.3 is 0 Å². The van der Waals surface area contributed by atoms with Crippen LogP contribution in [-0.4, -0.2) is 34.8 Å². The summed E-state index contributed by atoms with van der Waals surface area (Å²) in [5.41, 5.74) is 0. The van der Waals surface area contributed by atoms with E-state index in [1.165, 1.54) is 6.20 Å². The van der Waals surface area contributed by atoms with Crippen LogP contribution in [0.2, 0.25) is 10.3 Å². The van der Waals surface area contributed by atoms with E-state index in [9.17, 15) is 0 Å². The lowest BCUT2D eigenvalue weighted by molar-refractivity contribution is 0.238. The molecule has 2 rings (SSSR count). The number of aliphatic hydroxyl groups is 1. The second-order valence-corrected chi connectivity index (χ2v) is 4.34. The van der Waals surface area contributed by atoms with Crippen molar-refractivity contribution in [1.82, 2.24) is 9.97 Å². The van der Waals surface area contributed by atoms with Gasteiger partial charge in [0.1, 0.15) is 5.02 Å². The lowest BCUT2D eigenvalue weighted by Crippen LogP contribution is -2.22. The number of halogens is 2. The molecule has 15 heavy (non-hydrogen) atoms. The van der Waals surface area contributed by atoms with E-state index in [1.807, 2.05) is 4.90 Å². The Morgan fingerprint density at radius 1 is 1.53 bits per heavy atom. The zero-order valence-corrected chi connectivity index (χ0v) is 9.54. The molecular weight excluding hydrogens is 237 g/mol. The first-order chi connectivity index (χ1) is 7.20. The monoisotopic (exact) mass is 247 g/mol. The number of anilines is 1. The molecule has 6 heteroatoms. The van der Waals surface area contributed by atoms with Crippen molar-refractivity contribution in [3.8, 4) is 0 Å². The Kier molecular flexibility index (Phi) is 3.29. The summed E-state index contributed by atoms with van der Waals surface area (Å²) < 4.78 is 0. The van der Waals surface area contributed by atoms with Crippen molar-refractivity contribution in [3.63, 3.8) is 0 Å². The van der Waals surface area contributed by atoms with Gasteiger partial charge in [-0.2, -0.15) is 4.98 Å². The second kappa shape index (κ2) is 4.51. The molecule has 0 aliphatic carbocycles. The highest BCUT2D eigenvalue weighted by Gasteiger charge is 2.24. The van der Waals surface area contributed by atoms with Gasteiger partial charge in [-0.25, -0.2) is 4.98 Å². The van der Waals surface area contributed by atoms with Crippen LogP contribution in [0.15, 0.2) is 6.20 Å². The fourth-order valence-corrected chi connectivity index (χ4v) is 2.07. The number of rotatable bonds is 2. The molecule has 1 aliphatic rings. The van der Waals surface area contributed by atoms with Gasteiger partial charge in [-0.3, -0.25) is 0 Å². The van der Waals surface area contributed by atoms with Gasteiger partial charge in [-0.05, 0) is 18.0 Å². The zero-order valence-electron chi connectivity index (χ0n) is 8.03. The molecule has 4 nitrogen and oxygen atoms in total. The van der Waals surface area contributed by atoms with Gasteiger partial charge in [0.15, 0.2) is 5.82 Å². The zero-order chi connectivity index (χ0) is 10.8. The largest absolute Gasteiger partial charge is 0.396 e. The van der Waals surface area contributed by atoms with Crippen LogP contribution in [0.1, 0.15) is 6.42 Å². The van der Waals surface area contributed by atoms with Gasteiger partial charge in [0.25, 0.3) is 0 Å². The van der Waals surface area contributed by atoms with E-state index in [2.05, 4.69) is 9.97 Å². The molecule has 1 aliphatic heterocycles. The molecule has 0 saturated carbocycles. The second-order valence-electron chi connectivity index (χ2n) is 3.59.